The number of carbonyl (C=O) groups excluding carboxylic acids is 1. The Balaban J connectivity index is 2.33. The summed E-state index contributed by atoms with van der Waals surface area (Å²) in [6.45, 7) is 4.76. The van der Waals surface area contributed by atoms with Crippen molar-refractivity contribution in [3.63, 3.8) is 0 Å². The first-order chi connectivity index (χ1) is 9.41. The lowest BCUT2D eigenvalue weighted by molar-refractivity contribution is -0.384. The van der Waals surface area contributed by atoms with Crippen LogP contribution in [-0.4, -0.2) is 28.3 Å². The van der Waals surface area contributed by atoms with Crippen LogP contribution in [-0.2, 0) is 0 Å². The van der Waals surface area contributed by atoms with E-state index in [1.807, 2.05) is 6.92 Å². The van der Waals surface area contributed by atoms with Crippen LogP contribution in [0.3, 0.4) is 0 Å². The first-order valence-electron chi connectivity index (χ1n) is 6.65. The van der Waals surface area contributed by atoms with Gasteiger partial charge >= 0.3 is 0 Å². The van der Waals surface area contributed by atoms with Gasteiger partial charge in [-0.15, -0.1) is 0 Å². The number of carbonyl (C=O) groups is 1. The molecular weight excluding hydrogens is 280 g/mol. The molecule has 1 aliphatic rings. The minimum absolute atomic E-state index is 0.0760. The van der Waals surface area contributed by atoms with Crippen molar-refractivity contribution in [2.24, 2.45) is 5.92 Å². The zero-order valence-corrected chi connectivity index (χ0v) is 12.3. The summed E-state index contributed by atoms with van der Waals surface area (Å²) in [5, 5.41) is 10.8. The zero-order chi connectivity index (χ0) is 14.9. The van der Waals surface area contributed by atoms with E-state index in [0.29, 0.717) is 12.5 Å². The maximum atomic E-state index is 12.6. The first kappa shape index (κ1) is 14.8. The third-order valence-electron chi connectivity index (χ3n) is 3.78. The van der Waals surface area contributed by atoms with Crippen LogP contribution in [0.5, 0.6) is 0 Å². The minimum atomic E-state index is -0.568. The molecule has 0 aromatic heterocycles. The molecule has 2 atom stereocenters. The number of halogens is 1. The molecule has 1 aliphatic heterocycles. The van der Waals surface area contributed by atoms with Gasteiger partial charge in [0.25, 0.3) is 11.6 Å². The molecule has 0 N–H and O–H groups in total. The van der Waals surface area contributed by atoms with Crippen LogP contribution >= 0.6 is 11.6 Å². The van der Waals surface area contributed by atoms with Gasteiger partial charge in [-0.1, -0.05) is 24.6 Å². The number of nitrogens with zero attached hydrogens (tertiary/aromatic N) is 2. The second kappa shape index (κ2) is 5.79. The Kier molecular flexibility index (Phi) is 4.28. The summed E-state index contributed by atoms with van der Waals surface area (Å²) >= 11 is 6.01. The van der Waals surface area contributed by atoms with E-state index >= 15 is 0 Å². The fraction of sp³-hybridized carbons (Fsp3) is 0.500. The van der Waals surface area contributed by atoms with Gasteiger partial charge in [0.1, 0.15) is 5.02 Å². The van der Waals surface area contributed by atoms with E-state index in [4.69, 9.17) is 11.6 Å². The second-order valence-corrected chi connectivity index (χ2v) is 5.76. The van der Waals surface area contributed by atoms with Gasteiger partial charge in [0.05, 0.1) is 10.5 Å². The number of benzene rings is 1. The third-order valence-corrected chi connectivity index (χ3v) is 4.18. The third kappa shape index (κ3) is 2.77. The summed E-state index contributed by atoms with van der Waals surface area (Å²) in [6, 6.07) is 4.48. The monoisotopic (exact) mass is 296 g/mol. The van der Waals surface area contributed by atoms with Gasteiger partial charge in [-0.25, -0.2) is 0 Å². The molecule has 0 saturated carbocycles. The molecule has 1 heterocycles. The molecule has 108 valence electrons. The Morgan fingerprint density at radius 2 is 2.10 bits per heavy atom. The normalized spacial score (nSPS) is 22.6. The van der Waals surface area contributed by atoms with E-state index in [0.717, 1.165) is 12.8 Å². The summed E-state index contributed by atoms with van der Waals surface area (Å²) in [7, 11) is 0. The summed E-state index contributed by atoms with van der Waals surface area (Å²) < 4.78 is 0. The summed E-state index contributed by atoms with van der Waals surface area (Å²) in [5.74, 6) is 0.213. The predicted octanol–water partition coefficient (Wildman–Crippen LogP) is 3.51. The lowest BCUT2D eigenvalue weighted by Gasteiger charge is -2.37. The Morgan fingerprint density at radius 3 is 2.75 bits per heavy atom. The van der Waals surface area contributed by atoms with Crippen molar-refractivity contribution in [3.8, 4) is 0 Å². The number of likely N-dealkylation sites (tertiary alicyclic amines) is 1. The van der Waals surface area contributed by atoms with E-state index in [9.17, 15) is 14.9 Å². The van der Waals surface area contributed by atoms with Gasteiger partial charge in [-0.3, -0.25) is 14.9 Å². The molecule has 0 radical (unpaired) electrons. The Labute approximate surface area is 122 Å². The Bertz CT molecular complexity index is 547. The fourth-order valence-corrected chi connectivity index (χ4v) is 2.83. The van der Waals surface area contributed by atoms with Crippen LogP contribution in [0, 0.1) is 16.0 Å². The highest BCUT2D eigenvalue weighted by Crippen LogP contribution is 2.30. The van der Waals surface area contributed by atoms with Crippen LogP contribution < -0.4 is 0 Å². The van der Waals surface area contributed by atoms with Gasteiger partial charge in [0.2, 0.25) is 0 Å². The molecule has 1 fully saturated rings. The molecule has 2 rings (SSSR count). The predicted molar refractivity (Wildman–Crippen MR) is 77.0 cm³/mol. The lowest BCUT2D eigenvalue weighted by Crippen LogP contribution is -2.45. The number of rotatable bonds is 2. The van der Waals surface area contributed by atoms with E-state index < -0.39 is 4.92 Å². The number of piperidine rings is 1. The van der Waals surface area contributed by atoms with E-state index in [-0.39, 0.29) is 28.2 Å². The van der Waals surface area contributed by atoms with E-state index in [1.54, 1.807) is 11.0 Å². The number of nitro benzene ring substituents is 1. The first-order valence-corrected chi connectivity index (χ1v) is 7.03. The molecule has 1 aromatic rings. The molecule has 0 spiro atoms. The van der Waals surface area contributed by atoms with Crippen molar-refractivity contribution < 1.29 is 9.72 Å². The van der Waals surface area contributed by atoms with Gasteiger partial charge < -0.3 is 4.90 Å². The van der Waals surface area contributed by atoms with Crippen molar-refractivity contribution in [2.45, 2.75) is 32.7 Å². The molecule has 1 aromatic carbocycles. The topological polar surface area (TPSA) is 63.5 Å². The molecular formula is C14H17ClN2O3. The zero-order valence-electron chi connectivity index (χ0n) is 11.5. The smallest absolute Gasteiger partial charge is 0.288 e. The van der Waals surface area contributed by atoms with Crippen molar-refractivity contribution in [1.29, 1.82) is 0 Å². The molecule has 6 heteroatoms. The van der Waals surface area contributed by atoms with E-state index in [1.165, 1.54) is 12.1 Å². The van der Waals surface area contributed by atoms with Gasteiger partial charge in [-0.2, -0.15) is 0 Å². The molecule has 1 saturated heterocycles. The van der Waals surface area contributed by atoms with Gasteiger partial charge in [0, 0.05) is 18.7 Å². The number of amides is 1. The summed E-state index contributed by atoms with van der Waals surface area (Å²) in [5.41, 5.74) is -0.0166. The quantitative estimate of drug-likeness (QED) is 0.619. The number of hydrogen-bond acceptors (Lipinski definition) is 3. The molecule has 0 bridgehead atoms. The molecule has 5 nitrogen and oxygen atoms in total. The van der Waals surface area contributed by atoms with Crippen LogP contribution in [0.4, 0.5) is 5.69 Å². The highest BCUT2D eigenvalue weighted by Gasteiger charge is 2.30. The van der Waals surface area contributed by atoms with Crippen molar-refractivity contribution in [2.75, 3.05) is 6.54 Å². The number of hydrogen-bond donors (Lipinski definition) is 0. The van der Waals surface area contributed by atoms with Crippen molar-refractivity contribution >= 4 is 23.2 Å². The van der Waals surface area contributed by atoms with Crippen LogP contribution in [0.15, 0.2) is 18.2 Å². The lowest BCUT2D eigenvalue weighted by atomic mass is 9.94. The maximum absolute atomic E-state index is 12.6. The van der Waals surface area contributed by atoms with Crippen LogP contribution in [0.25, 0.3) is 0 Å². The average molecular weight is 297 g/mol. The standard InChI is InChI=1S/C14H17ClN2O3/c1-9-6-7-10(2)16(8-9)14(18)11-4-3-5-12(13(11)15)17(19)20/h3-5,9-10H,6-8H2,1-2H3. The molecule has 1 amide bonds. The van der Waals surface area contributed by atoms with Crippen molar-refractivity contribution in [1.82, 2.24) is 4.90 Å². The highest BCUT2D eigenvalue weighted by molar-refractivity contribution is 6.35. The molecule has 2 unspecified atom stereocenters. The second-order valence-electron chi connectivity index (χ2n) is 5.38. The average Bonchev–Trinajstić information content (AvgIpc) is 2.40. The number of nitro groups is 1. The SMILES string of the molecule is CC1CCC(C)N(C(=O)c2cccc([N+](=O)[O-])c2Cl)C1. The molecule has 0 aliphatic carbocycles. The fourth-order valence-electron chi connectivity index (χ4n) is 2.55. The van der Waals surface area contributed by atoms with Gasteiger partial charge in [-0.05, 0) is 31.7 Å². The Hall–Kier alpha value is -1.62. The molecule has 20 heavy (non-hydrogen) atoms. The van der Waals surface area contributed by atoms with Gasteiger partial charge in [0.15, 0.2) is 0 Å². The van der Waals surface area contributed by atoms with Crippen LogP contribution in [0.2, 0.25) is 5.02 Å². The Morgan fingerprint density at radius 1 is 1.40 bits per heavy atom. The van der Waals surface area contributed by atoms with Crippen molar-refractivity contribution in [3.05, 3.63) is 38.9 Å². The minimum Gasteiger partial charge on any atom is -0.336 e. The van der Waals surface area contributed by atoms with E-state index in [2.05, 4.69) is 6.92 Å². The van der Waals surface area contributed by atoms with Crippen LogP contribution in [0.1, 0.15) is 37.0 Å². The maximum Gasteiger partial charge on any atom is 0.288 e. The summed E-state index contributed by atoms with van der Waals surface area (Å²) in [6.07, 6.45) is 2.03. The largest absolute Gasteiger partial charge is 0.336 e. The summed E-state index contributed by atoms with van der Waals surface area (Å²) in [4.78, 5) is 24.7. The highest BCUT2D eigenvalue weighted by atomic mass is 35.5.